The fourth-order valence-corrected chi connectivity index (χ4v) is 0.475. The lowest BCUT2D eigenvalue weighted by Gasteiger charge is -1.86. The molecule has 0 radical (unpaired) electrons. The number of H-pyrrole nitrogens is 1. The van der Waals surface area contributed by atoms with Crippen molar-refractivity contribution in [3.63, 3.8) is 0 Å². The van der Waals surface area contributed by atoms with Crippen LogP contribution in [0.4, 0.5) is 0 Å². The van der Waals surface area contributed by atoms with Crippen molar-refractivity contribution < 1.29 is 0 Å². The van der Waals surface area contributed by atoms with Crippen molar-refractivity contribution in [2.45, 2.75) is 0 Å². The van der Waals surface area contributed by atoms with Gasteiger partial charge in [0.15, 0.2) is 0 Å². The molecule has 0 aromatic carbocycles. The summed E-state index contributed by atoms with van der Waals surface area (Å²) >= 11 is 0. The molecule has 0 bridgehead atoms. The Bertz CT molecular complexity index is 349. The highest BCUT2D eigenvalue weighted by atomic mass is 16.3. The minimum atomic E-state index is -0.831. The van der Waals surface area contributed by atoms with Crippen LogP contribution in [0, 0.1) is 4.91 Å². The Labute approximate surface area is 54.1 Å². The molecule has 6 heteroatoms. The van der Waals surface area contributed by atoms with Crippen molar-refractivity contribution in [1.29, 1.82) is 0 Å². The van der Waals surface area contributed by atoms with E-state index in [0.717, 1.165) is 12.3 Å². The Balaban J connectivity index is 3.48. The first kappa shape index (κ1) is 6.40. The standard InChI is InChI=1S/C4H3N3O3/c8-3-1-2-7(6-10)4(9)5-3/h1-2H,(H,5,8,9). The molecule has 0 aliphatic heterocycles. The number of nitroso groups, excluding NO2 is 1. The Morgan fingerprint density at radius 1 is 1.50 bits per heavy atom. The first-order valence-corrected chi connectivity index (χ1v) is 2.39. The summed E-state index contributed by atoms with van der Waals surface area (Å²) in [6.45, 7) is 0. The number of nitrogens with zero attached hydrogens (tertiary/aromatic N) is 2. The van der Waals surface area contributed by atoms with Gasteiger partial charge in [0, 0.05) is 12.3 Å². The molecule has 52 valence electrons. The summed E-state index contributed by atoms with van der Waals surface area (Å²) in [7, 11) is 0. The molecule has 0 unspecified atom stereocenters. The maximum absolute atomic E-state index is 10.5. The van der Waals surface area contributed by atoms with Crippen LogP contribution in [0.2, 0.25) is 0 Å². The van der Waals surface area contributed by atoms with Crippen LogP contribution in [-0.4, -0.2) is 9.66 Å². The van der Waals surface area contributed by atoms with Gasteiger partial charge in [0.05, 0.1) is 5.29 Å². The Hall–Kier alpha value is -1.72. The highest BCUT2D eigenvalue weighted by Gasteiger charge is 1.91. The fourth-order valence-electron chi connectivity index (χ4n) is 0.475. The molecule has 1 rings (SSSR count). The van der Waals surface area contributed by atoms with E-state index in [1.807, 2.05) is 4.98 Å². The van der Waals surface area contributed by atoms with Crippen molar-refractivity contribution in [2.75, 3.05) is 0 Å². The zero-order valence-electron chi connectivity index (χ0n) is 4.77. The average molecular weight is 141 g/mol. The second-order valence-corrected chi connectivity index (χ2v) is 1.54. The predicted octanol–water partition coefficient (Wildman–Crippen LogP) is -0.934. The largest absolute Gasteiger partial charge is 0.351 e. The summed E-state index contributed by atoms with van der Waals surface area (Å²) in [6.07, 6.45) is 0.994. The van der Waals surface area contributed by atoms with Crippen LogP contribution in [0.1, 0.15) is 0 Å². The summed E-state index contributed by atoms with van der Waals surface area (Å²) in [6, 6.07) is 1.03. The highest BCUT2D eigenvalue weighted by Crippen LogP contribution is 1.69. The Morgan fingerprint density at radius 3 is 2.70 bits per heavy atom. The predicted molar refractivity (Wildman–Crippen MR) is 32.5 cm³/mol. The smallest absolute Gasteiger partial charge is 0.272 e. The van der Waals surface area contributed by atoms with E-state index in [-0.39, 0.29) is 0 Å². The summed E-state index contributed by atoms with van der Waals surface area (Å²) in [5.74, 6) is 0. The van der Waals surface area contributed by atoms with Crippen LogP contribution >= 0.6 is 0 Å². The maximum atomic E-state index is 10.5. The van der Waals surface area contributed by atoms with Gasteiger partial charge in [0.25, 0.3) is 5.56 Å². The van der Waals surface area contributed by atoms with E-state index in [2.05, 4.69) is 5.29 Å². The Morgan fingerprint density at radius 2 is 2.20 bits per heavy atom. The second kappa shape index (κ2) is 2.26. The van der Waals surface area contributed by atoms with Gasteiger partial charge in [-0.3, -0.25) is 9.78 Å². The number of aromatic nitrogens is 2. The van der Waals surface area contributed by atoms with Crippen molar-refractivity contribution in [1.82, 2.24) is 9.66 Å². The van der Waals surface area contributed by atoms with Gasteiger partial charge < -0.3 is 0 Å². The molecule has 0 amide bonds. The normalized spacial score (nSPS) is 9.20. The van der Waals surface area contributed by atoms with Gasteiger partial charge in [-0.05, 0) is 0 Å². The monoisotopic (exact) mass is 141 g/mol. The van der Waals surface area contributed by atoms with Crippen molar-refractivity contribution in [2.24, 2.45) is 5.29 Å². The summed E-state index contributed by atoms with van der Waals surface area (Å²) < 4.78 is 0.487. The molecule has 6 nitrogen and oxygen atoms in total. The average Bonchev–Trinajstić information content (AvgIpc) is 1.88. The maximum Gasteiger partial charge on any atom is 0.351 e. The topological polar surface area (TPSA) is 84.3 Å². The van der Waals surface area contributed by atoms with Crippen LogP contribution < -0.4 is 11.2 Å². The third-order valence-electron chi connectivity index (χ3n) is 0.893. The molecule has 0 aliphatic rings. The van der Waals surface area contributed by atoms with E-state index in [9.17, 15) is 14.5 Å². The third kappa shape index (κ3) is 0.993. The molecule has 1 N–H and O–H groups in total. The SMILES string of the molecule is O=Nn1ccc(=O)[nH]c1=O. The lowest BCUT2D eigenvalue weighted by atomic mass is 10.7. The number of hydrogen-bond donors (Lipinski definition) is 1. The van der Waals surface area contributed by atoms with Crippen molar-refractivity contribution >= 4 is 0 Å². The molecule has 0 fully saturated rings. The number of hydrogen-bond acceptors (Lipinski definition) is 4. The molecule has 10 heavy (non-hydrogen) atoms. The molecule has 1 aromatic rings. The van der Waals surface area contributed by atoms with Crippen LogP contribution in [-0.2, 0) is 0 Å². The molecule has 1 aromatic heterocycles. The van der Waals surface area contributed by atoms with Crippen molar-refractivity contribution in [3.05, 3.63) is 38.0 Å². The molecule has 1 heterocycles. The van der Waals surface area contributed by atoms with E-state index < -0.39 is 11.2 Å². The van der Waals surface area contributed by atoms with Crippen LogP contribution in [0.15, 0.2) is 27.1 Å². The van der Waals surface area contributed by atoms with Gasteiger partial charge in [-0.25, -0.2) is 4.79 Å². The molecule has 0 spiro atoms. The van der Waals surface area contributed by atoms with Crippen molar-refractivity contribution in [3.8, 4) is 0 Å². The van der Waals surface area contributed by atoms with E-state index >= 15 is 0 Å². The first-order chi connectivity index (χ1) is 4.74. The molecule has 0 atom stereocenters. The number of rotatable bonds is 1. The summed E-state index contributed by atoms with van der Waals surface area (Å²) in [5, 5.41) is 2.30. The number of aromatic amines is 1. The Kier molecular flexibility index (Phi) is 1.44. The van der Waals surface area contributed by atoms with Gasteiger partial charge in [0.2, 0.25) is 0 Å². The zero-order valence-corrected chi connectivity index (χ0v) is 4.77. The third-order valence-corrected chi connectivity index (χ3v) is 0.893. The fraction of sp³-hybridized carbons (Fsp3) is 0. The zero-order chi connectivity index (χ0) is 7.56. The summed E-state index contributed by atoms with van der Waals surface area (Å²) in [5.41, 5.74) is -1.38. The summed E-state index contributed by atoms with van der Waals surface area (Å²) in [4.78, 5) is 32.4. The van der Waals surface area contributed by atoms with Gasteiger partial charge in [-0.1, -0.05) is 0 Å². The quantitative estimate of drug-likeness (QED) is 0.512. The van der Waals surface area contributed by atoms with Gasteiger partial charge >= 0.3 is 5.69 Å². The van der Waals surface area contributed by atoms with E-state index in [0.29, 0.717) is 4.68 Å². The highest BCUT2D eigenvalue weighted by molar-refractivity contribution is 4.81. The second-order valence-electron chi connectivity index (χ2n) is 1.54. The molecular weight excluding hydrogens is 138 g/mol. The molecular formula is C4H3N3O3. The van der Waals surface area contributed by atoms with Crippen LogP contribution in [0.5, 0.6) is 0 Å². The van der Waals surface area contributed by atoms with E-state index in [1.165, 1.54) is 0 Å². The lowest BCUT2D eigenvalue weighted by molar-refractivity contribution is 0.766. The molecule has 0 saturated heterocycles. The first-order valence-electron chi connectivity index (χ1n) is 2.39. The van der Waals surface area contributed by atoms with E-state index in [1.54, 1.807) is 0 Å². The molecule has 0 saturated carbocycles. The van der Waals surface area contributed by atoms with Crippen LogP contribution in [0.25, 0.3) is 0 Å². The minimum absolute atomic E-state index is 0.487. The minimum Gasteiger partial charge on any atom is -0.272 e. The lowest BCUT2D eigenvalue weighted by Crippen LogP contribution is -2.25. The van der Waals surface area contributed by atoms with Gasteiger partial charge in [-0.2, -0.15) is 4.68 Å². The number of nitrogens with one attached hydrogen (secondary N) is 1. The van der Waals surface area contributed by atoms with Gasteiger partial charge in [-0.15, -0.1) is 4.91 Å². The molecule has 0 aliphatic carbocycles. The van der Waals surface area contributed by atoms with Crippen LogP contribution in [0.3, 0.4) is 0 Å². The van der Waals surface area contributed by atoms with Gasteiger partial charge in [0.1, 0.15) is 0 Å². The van der Waals surface area contributed by atoms with E-state index in [4.69, 9.17) is 0 Å².